The van der Waals surface area contributed by atoms with Gasteiger partial charge < -0.3 is 0 Å². The zero-order valence-electron chi connectivity index (χ0n) is 8.34. The highest BCUT2D eigenvalue weighted by molar-refractivity contribution is 9.11. The van der Waals surface area contributed by atoms with Gasteiger partial charge in [-0.3, -0.25) is 0 Å². The molecule has 0 aliphatic carbocycles. The molecule has 1 aromatic carbocycles. The van der Waals surface area contributed by atoms with Crippen LogP contribution in [0.25, 0.3) is 11.1 Å². The monoisotopic (exact) mass is 404 g/mol. The van der Waals surface area contributed by atoms with Crippen LogP contribution < -0.4 is 0 Å². The molecule has 0 bridgehead atoms. The van der Waals surface area contributed by atoms with Crippen molar-refractivity contribution in [3.05, 3.63) is 43.8 Å². The van der Waals surface area contributed by atoms with E-state index in [-0.39, 0.29) is 0 Å². The minimum atomic E-state index is 0.736. The summed E-state index contributed by atoms with van der Waals surface area (Å²) in [6.07, 6.45) is 0. The second kappa shape index (κ2) is 4.94. The predicted octanol–water partition coefficient (Wildman–Crippen LogP) is 4.74. The second-order valence-electron chi connectivity index (χ2n) is 3.23. The summed E-state index contributed by atoms with van der Waals surface area (Å²) in [5.74, 6) is 0.736. The fraction of sp³-hybridized carbons (Fsp3) is 0.0909. The smallest absolute Gasteiger partial charge is 0.127 e. The summed E-state index contributed by atoms with van der Waals surface area (Å²) in [6.45, 7) is 1.86. The molecule has 2 rings (SSSR count). The number of hydrogen-bond acceptors (Lipinski definition) is 2. The number of halogens is 3. The quantitative estimate of drug-likeness (QED) is 0.639. The van der Waals surface area contributed by atoms with Crippen LogP contribution in [0.15, 0.2) is 37.9 Å². The van der Waals surface area contributed by atoms with Crippen LogP contribution in [0.3, 0.4) is 0 Å². The predicted molar refractivity (Wildman–Crippen MR) is 75.3 cm³/mol. The minimum Gasteiger partial charge on any atom is -0.226 e. The van der Waals surface area contributed by atoms with Gasteiger partial charge in [-0.25, -0.2) is 9.97 Å². The zero-order valence-corrected chi connectivity index (χ0v) is 13.1. The molecule has 0 aliphatic rings. The van der Waals surface area contributed by atoms with E-state index in [1.165, 1.54) is 0 Å². The Bertz CT molecular complexity index is 500. The molecule has 2 nitrogen and oxygen atoms in total. The van der Waals surface area contributed by atoms with Gasteiger partial charge in [-0.15, -0.1) is 0 Å². The Morgan fingerprint density at radius 1 is 0.875 bits per heavy atom. The molecule has 0 amide bonds. The molecular formula is C11H7Br3N2. The largest absolute Gasteiger partial charge is 0.226 e. The van der Waals surface area contributed by atoms with E-state index < -0.39 is 0 Å². The lowest BCUT2D eigenvalue weighted by atomic mass is 10.1. The summed E-state index contributed by atoms with van der Waals surface area (Å²) in [4.78, 5) is 8.59. The highest BCUT2D eigenvalue weighted by Crippen LogP contribution is 2.33. The number of rotatable bonds is 1. The van der Waals surface area contributed by atoms with Gasteiger partial charge in [0.25, 0.3) is 0 Å². The maximum Gasteiger partial charge on any atom is 0.127 e. The summed E-state index contributed by atoms with van der Waals surface area (Å²) in [7, 11) is 0. The molecule has 0 fully saturated rings. The molecule has 0 aliphatic heterocycles. The van der Waals surface area contributed by atoms with Crippen molar-refractivity contribution in [3.8, 4) is 11.1 Å². The summed E-state index contributed by atoms with van der Waals surface area (Å²) in [5.41, 5.74) is 2.04. The van der Waals surface area contributed by atoms with Crippen LogP contribution in [0.4, 0.5) is 0 Å². The van der Waals surface area contributed by atoms with E-state index in [0.29, 0.717) is 0 Å². The Labute approximate surface area is 119 Å². The lowest BCUT2D eigenvalue weighted by Gasteiger charge is -2.07. The maximum atomic E-state index is 4.30. The van der Waals surface area contributed by atoms with E-state index in [2.05, 4.69) is 57.8 Å². The summed E-state index contributed by atoms with van der Waals surface area (Å²) in [5, 5.41) is 0. The number of hydrogen-bond donors (Lipinski definition) is 0. The summed E-state index contributed by atoms with van der Waals surface area (Å²) in [6, 6.07) is 8.03. The van der Waals surface area contributed by atoms with E-state index in [1.807, 2.05) is 31.2 Å². The molecule has 1 aromatic heterocycles. The van der Waals surface area contributed by atoms with Gasteiger partial charge in [-0.2, -0.15) is 0 Å². The van der Waals surface area contributed by atoms with Crippen molar-refractivity contribution in [1.29, 1.82) is 0 Å². The van der Waals surface area contributed by atoms with E-state index >= 15 is 0 Å². The third-order valence-electron chi connectivity index (χ3n) is 2.07. The van der Waals surface area contributed by atoms with Gasteiger partial charge in [0, 0.05) is 10.0 Å². The van der Waals surface area contributed by atoms with Crippen molar-refractivity contribution in [3.63, 3.8) is 0 Å². The fourth-order valence-corrected chi connectivity index (χ4v) is 3.24. The molecule has 0 spiro atoms. The molecule has 0 saturated carbocycles. The van der Waals surface area contributed by atoms with Crippen LogP contribution in [-0.2, 0) is 0 Å². The number of benzene rings is 1. The summed E-state index contributed by atoms with van der Waals surface area (Å²) >= 11 is 10.3. The minimum absolute atomic E-state index is 0.736. The molecule has 2 aromatic rings. The van der Waals surface area contributed by atoms with Gasteiger partial charge in [0.05, 0.1) is 0 Å². The molecular weight excluding hydrogens is 400 g/mol. The van der Waals surface area contributed by atoms with Gasteiger partial charge in [0.1, 0.15) is 15.0 Å². The summed E-state index contributed by atoms with van der Waals surface area (Å²) < 4.78 is 2.65. The molecule has 0 N–H and O–H groups in total. The third-order valence-corrected chi connectivity index (χ3v) is 3.74. The first kappa shape index (κ1) is 12.2. The van der Waals surface area contributed by atoms with E-state index in [0.717, 1.165) is 30.6 Å². The van der Waals surface area contributed by atoms with Crippen LogP contribution >= 0.6 is 47.8 Å². The molecule has 0 atom stereocenters. The second-order valence-corrected chi connectivity index (χ2v) is 5.65. The normalized spacial score (nSPS) is 10.5. The molecule has 0 unspecified atom stereocenters. The Morgan fingerprint density at radius 2 is 1.38 bits per heavy atom. The van der Waals surface area contributed by atoms with Gasteiger partial charge in [0.2, 0.25) is 0 Å². The Hall–Kier alpha value is -0.260. The van der Waals surface area contributed by atoms with Gasteiger partial charge in [-0.1, -0.05) is 28.1 Å². The fourth-order valence-electron chi connectivity index (χ4n) is 1.36. The van der Waals surface area contributed by atoms with Crippen molar-refractivity contribution < 1.29 is 0 Å². The van der Waals surface area contributed by atoms with Crippen LogP contribution in [0.2, 0.25) is 0 Å². The molecule has 16 heavy (non-hydrogen) atoms. The Balaban J connectivity index is 2.60. The van der Waals surface area contributed by atoms with Crippen molar-refractivity contribution in [1.82, 2.24) is 9.97 Å². The van der Waals surface area contributed by atoms with Crippen molar-refractivity contribution in [2.75, 3.05) is 0 Å². The Kier molecular flexibility index (Phi) is 3.77. The first-order chi connectivity index (χ1) is 7.58. The van der Waals surface area contributed by atoms with Crippen molar-refractivity contribution >= 4 is 47.8 Å². The molecule has 5 heteroatoms. The van der Waals surface area contributed by atoms with E-state index in [9.17, 15) is 0 Å². The number of aryl methyl sites for hydroxylation is 1. The highest BCUT2D eigenvalue weighted by atomic mass is 79.9. The average Bonchev–Trinajstić information content (AvgIpc) is 2.19. The van der Waals surface area contributed by atoms with Crippen LogP contribution in [0, 0.1) is 6.92 Å². The van der Waals surface area contributed by atoms with Gasteiger partial charge >= 0.3 is 0 Å². The molecule has 0 saturated heterocycles. The van der Waals surface area contributed by atoms with Gasteiger partial charge in [-0.05, 0) is 56.5 Å². The van der Waals surface area contributed by atoms with E-state index in [1.54, 1.807) is 0 Å². The maximum absolute atomic E-state index is 4.30. The lowest BCUT2D eigenvalue weighted by Crippen LogP contribution is -1.93. The average molecular weight is 407 g/mol. The zero-order chi connectivity index (χ0) is 11.7. The van der Waals surface area contributed by atoms with Gasteiger partial charge in [0.15, 0.2) is 0 Å². The standard InChI is InChI=1S/C11H7Br3N2/c1-6-15-10(13)9(11(14)16-6)7-2-4-8(12)5-3-7/h2-5H,1H3. The number of nitrogens with zero attached hydrogens (tertiary/aromatic N) is 2. The molecule has 1 heterocycles. The first-order valence-corrected chi connectivity index (χ1v) is 6.91. The molecule has 82 valence electrons. The first-order valence-electron chi connectivity index (χ1n) is 4.53. The van der Waals surface area contributed by atoms with E-state index in [4.69, 9.17) is 0 Å². The van der Waals surface area contributed by atoms with Crippen LogP contribution in [0.1, 0.15) is 5.82 Å². The highest BCUT2D eigenvalue weighted by Gasteiger charge is 2.11. The topological polar surface area (TPSA) is 25.8 Å². The lowest BCUT2D eigenvalue weighted by molar-refractivity contribution is 1.02. The Morgan fingerprint density at radius 3 is 1.88 bits per heavy atom. The third kappa shape index (κ3) is 2.52. The van der Waals surface area contributed by atoms with Crippen molar-refractivity contribution in [2.45, 2.75) is 6.92 Å². The SMILES string of the molecule is Cc1nc(Br)c(-c2ccc(Br)cc2)c(Br)n1. The van der Waals surface area contributed by atoms with Crippen molar-refractivity contribution in [2.24, 2.45) is 0 Å². The molecule has 0 radical (unpaired) electrons. The van der Waals surface area contributed by atoms with Crippen LogP contribution in [-0.4, -0.2) is 9.97 Å². The van der Waals surface area contributed by atoms with Crippen LogP contribution in [0.5, 0.6) is 0 Å². The number of aromatic nitrogens is 2.